The smallest absolute Gasteiger partial charge is 0.235 e. The number of benzene rings is 1. The van der Waals surface area contributed by atoms with Gasteiger partial charge in [0.1, 0.15) is 0 Å². The van der Waals surface area contributed by atoms with Gasteiger partial charge in [-0.1, -0.05) is 31.0 Å². The van der Waals surface area contributed by atoms with Crippen LogP contribution in [0.4, 0.5) is 0 Å². The molecule has 1 fully saturated rings. The molecule has 3 nitrogen and oxygen atoms in total. The number of hydrogen-bond donors (Lipinski definition) is 0. The predicted octanol–water partition coefficient (Wildman–Crippen LogP) is 2.82. The Morgan fingerprint density at radius 1 is 1.24 bits per heavy atom. The van der Waals surface area contributed by atoms with E-state index in [1.807, 2.05) is 6.07 Å². The van der Waals surface area contributed by atoms with Gasteiger partial charge in [-0.25, -0.2) is 4.79 Å². The maximum atomic E-state index is 10.7. The van der Waals surface area contributed by atoms with E-state index >= 15 is 0 Å². The van der Waals surface area contributed by atoms with Gasteiger partial charge in [-0.3, -0.25) is 0 Å². The van der Waals surface area contributed by atoms with Crippen molar-refractivity contribution >= 4 is 6.08 Å². The van der Waals surface area contributed by atoms with E-state index in [1.165, 1.54) is 16.7 Å². The molecule has 3 heteroatoms. The molecule has 0 spiro atoms. The molecule has 0 atom stereocenters. The highest BCUT2D eigenvalue weighted by Crippen LogP contribution is 2.45. The minimum atomic E-state index is -0.319. The standard InChI is InChI=1S/C14H15NO2/c16-10-15-14(6-1-2-7-14)13-5-3-4-11-8-17-9-12(11)13/h3-5H,1-2,6-9H2. The summed E-state index contributed by atoms with van der Waals surface area (Å²) in [5.41, 5.74) is 3.36. The molecule has 2 aliphatic rings. The SMILES string of the molecule is O=C=NC1(c2cccc3c2COC3)CCCC1. The zero-order valence-corrected chi connectivity index (χ0v) is 9.74. The van der Waals surface area contributed by atoms with Crippen LogP contribution >= 0.6 is 0 Å². The Hall–Kier alpha value is -1.44. The molecule has 1 saturated carbocycles. The highest BCUT2D eigenvalue weighted by Gasteiger charge is 2.38. The van der Waals surface area contributed by atoms with E-state index in [9.17, 15) is 4.79 Å². The van der Waals surface area contributed by atoms with Crippen molar-refractivity contribution in [1.29, 1.82) is 0 Å². The molecule has 0 aromatic heterocycles. The molecule has 17 heavy (non-hydrogen) atoms. The molecule has 1 aliphatic carbocycles. The summed E-state index contributed by atoms with van der Waals surface area (Å²) in [6.07, 6.45) is 5.96. The summed E-state index contributed by atoms with van der Waals surface area (Å²) in [5, 5.41) is 0. The van der Waals surface area contributed by atoms with Gasteiger partial charge in [-0.15, -0.1) is 0 Å². The van der Waals surface area contributed by atoms with E-state index in [0.717, 1.165) is 25.7 Å². The van der Waals surface area contributed by atoms with Gasteiger partial charge in [-0.05, 0) is 29.5 Å². The van der Waals surface area contributed by atoms with Crippen LogP contribution in [-0.4, -0.2) is 6.08 Å². The molecule has 88 valence electrons. The summed E-state index contributed by atoms with van der Waals surface area (Å²) in [6, 6.07) is 6.24. The third-order valence-electron chi connectivity index (χ3n) is 3.97. The number of fused-ring (bicyclic) bond motifs is 1. The minimum Gasteiger partial charge on any atom is -0.372 e. The summed E-state index contributed by atoms with van der Waals surface area (Å²) in [7, 11) is 0. The van der Waals surface area contributed by atoms with Gasteiger partial charge in [0, 0.05) is 0 Å². The van der Waals surface area contributed by atoms with Crippen LogP contribution in [0.5, 0.6) is 0 Å². The Morgan fingerprint density at radius 3 is 2.82 bits per heavy atom. The molecular weight excluding hydrogens is 214 g/mol. The molecular formula is C14H15NO2. The first-order chi connectivity index (χ1) is 8.36. The van der Waals surface area contributed by atoms with Crippen LogP contribution < -0.4 is 0 Å². The van der Waals surface area contributed by atoms with Gasteiger partial charge in [0.05, 0.1) is 18.8 Å². The van der Waals surface area contributed by atoms with Crippen molar-refractivity contribution in [3.8, 4) is 0 Å². The Morgan fingerprint density at radius 2 is 2.06 bits per heavy atom. The van der Waals surface area contributed by atoms with E-state index in [-0.39, 0.29) is 5.54 Å². The Bertz CT molecular complexity index is 483. The van der Waals surface area contributed by atoms with Crippen LogP contribution in [0.1, 0.15) is 42.4 Å². The second-order valence-corrected chi connectivity index (χ2v) is 4.88. The maximum absolute atomic E-state index is 10.7. The van der Waals surface area contributed by atoms with Crippen LogP contribution in [0.3, 0.4) is 0 Å². The first-order valence-corrected chi connectivity index (χ1v) is 6.14. The molecule has 0 N–H and O–H groups in total. The Labute approximate surface area is 101 Å². The maximum Gasteiger partial charge on any atom is 0.235 e. The molecule has 1 heterocycles. The number of nitrogens with zero attached hydrogens (tertiary/aromatic N) is 1. The quantitative estimate of drug-likeness (QED) is 0.577. The molecule has 0 radical (unpaired) electrons. The first kappa shape index (κ1) is 10.7. The van der Waals surface area contributed by atoms with Gasteiger partial charge >= 0.3 is 0 Å². The van der Waals surface area contributed by atoms with E-state index < -0.39 is 0 Å². The fourth-order valence-electron chi connectivity index (χ4n) is 3.13. The molecule has 0 bridgehead atoms. The predicted molar refractivity (Wildman–Crippen MR) is 63.2 cm³/mol. The Balaban J connectivity index is 2.14. The van der Waals surface area contributed by atoms with Crippen LogP contribution in [0.2, 0.25) is 0 Å². The summed E-state index contributed by atoms with van der Waals surface area (Å²) in [5.74, 6) is 0. The van der Waals surface area contributed by atoms with E-state index in [2.05, 4.69) is 17.1 Å². The average molecular weight is 229 g/mol. The van der Waals surface area contributed by atoms with Gasteiger partial charge in [0.15, 0.2) is 0 Å². The zero-order chi connectivity index (χ0) is 11.7. The van der Waals surface area contributed by atoms with Crippen molar-refractivity contribution in [3.05, 3.63) is 34.9 Å². The van der Waals surface area contributed by atoms with Crippen LogP contribution in [0.25, 0.3) is 0 Å². The van der Waals surface area contributed by atoms with E-state index in [0.29, 0.717) is 13.2 Å². The third kappa shape index (κ3) is 1.63. The molecule has 0 saturated heterocycles. The van der Waals surface area contributed by atoms with Crippen molar-refractivity contribution in [2.24, 2.45) is 4.99 Å². The number of aliphatic imine (C=N–C) groups is 1. The lowest BCUT2D eigenvalue weighted by Gasteiger charge is -2.25. The van der Waals surface area contributed by atoms with Crippen molar-refractivity contribution < 1.29 is 9.53 Å². The van der Waals surface area contributed by atoms with Gasteiger partial charge in [0.2, 0.25) is 6.08 Å². The molecule has 3 rings (SSSR count). The largest absolute Gasteiger partial charge is 0.372 e. The average Bonchev–Trinajstić information content (AvgIpc) is 2.97. The number of isocyanates is 1. The monoisotopic (exact) mass is 229 g/mol. The van der Waals surface area contributed by atoms with Crippen molar-refractivity contribution in [2.45, 2.75) is 44.4 Å². The van der Waals surface area contributed by atoms with Gasteiger partial charge < -0.3 is 4.74 Å². The number of rotatable bonds is 2. The lowest BCUT2D eigenvalue weighted by Crippen LogP contribution is -2.21. The van der Waals surface area contributed by atoms with Gasteiger partial charge in [-0.2, -0.15) is 4.99 Å². The zero-order valence-electron chi connectivity index (χ0n) is 9.74. The van der Waals surface area contributed by atoms with Crippen LogP contribution in [0, 0.1) is 0 Å². The number of ether oxygens (including phenoxy) is 1. The third-order valence-corrected chi connectivity index (χ3v) is 3.97. The van der Waals surface area contributed by atoms with Crippen molar-refractivity contribution in [3.63, 3.8) is 0 Å². The fourth-order valence-corrected chi connectivity index (χ4v) is 3.13. The van der Waals surface area contributed by atoms with Crippen LogP contribution in [0.15, 0.2) is 23.2 Å². The topological polar surface area (TPSA) is 38.7 Å². The summed E-state index contributed by atoms with van der Waals surface area (Å²) in [4.78, 5) is 14.9. The second kappa shape index (κ2) is 4.10. The highest BCUT2D eigenvalue weighted by molar-refractivity contribution is 5.45. The second-order valence-electron chi connectivity index (χ2n) is 4.88. The highest BCUT2D eigenvalue weighted by atomic mass is 16.5. The fraction of sp³-hybridized carbons (Fsp3) is 0.500. The number of carbonyl (C=O) groups excluding carboxylic acids is 1. The number of hydrogen-bond acceptors (Lipinski definition) is 3. The minimum absolute atomic E-state index is 0.319. The van der Waals surface area contributed by atoms with Gasteiger partial charge in [0.25, 0.3) is 0 Å². The first-order valence-electron chi connectivity index (χ1n) is 6.14. The lowest BCUT2D eigenvalue weighted by atomic mass is 9.84. The van der Waals surface area contributed by atoms with E-state index in [1.54, 1.807) is 6.08 Å². The molecule has 0 amide bonds. The normalized spacial score (nSPS) is 20.9. The van der Waals surface area contributed by atoms with Crippen molar-refractivity contribution in [2.75, 3.05) is 0 Å². The molecule has 1 aliphatic heterocycles. The molecule has 1 aromatic rings. The van der Waals surface area contributed by atoms with Crippen molar-refractivity contribution in [1.82, 2.24) is 0 Å². The summed E-state index contributed by atoms with van der Waals surface area (Å²) < 4.78 is 5.50. The molecule has 1 aromatic carbocycles. The van der Waals surface area contributed by atoms with E-state index in [4.69, 9.17) is 4.74 Å². The lowest BCUT2D eigenvalue weighted by molar-refractivity contribution is 0.133. The van der Waals surface area contributed by atoms with Crippen LogP contribution in [-0.2, 0) is 28.3 Å². The summed E-state index contributed by atoms with van der Waals surface area (Å²) in [6.45, 7) is 1.34. The summed E-state index contributed by atoms with van der Waals surface area (Å²) >= 11 is 0. The Kier molecular flexibility index (Phi) is 2.58. The molecule has 0 unspecified atom stereocenters.